The van der Waals surface area contributed by atoms with Crippen LogP contribution in [0.15, 0.2) is 70.3 Å². The van der Waals surface area contributed by atoms with E-state index in [1.807, 2.05) is 32.0 Å². The SMILES string of the molecule is Cc1ccc(-n2c(SCC(=O)Nc3ccccc3[N+](=O)[O-])nnc2-c2cc(Br)ccc2O)c(C)c1. The highest BCUT2D eigenvalue weighted by Gasteiger charge is 2.22. The van der Waals surface area contributed by atoms with Crippen molar-refractivity contribution in [1.82, 2.24) is 14.8 Å². The van der Waals surface area contributed by atoms with Crippen molar-refractivity contribution in [3.63, 3.8) is 0 Å². The first-order valence-electron chi connectivity index (χ1n) is 10.4. The second-order valence-electron chi connectivity index (χ2n) is 7.70. The molecule has 9 nitrogen and oxygen atoms in total. The fourth-order valence-corrected chi connectivity index (χ4v) is 4.66. The number of carbonyl (C=O) groups is 1. The molecular formula is C24H20BrN5O4S. The van der Waals surface area contributed by atoms with Crippen LogP contribution in [0.2, 0.25) is 0 Å². The van der Waals surface area contributed by atoms with Crippen molar-refractivity contribution in [1.29, 1.82) is 0 Å². The van der Waals surface area contributed by atoms with Crippen LogP contribution in [0.3, 0.4) is 0 Å². The molecule has 35 heavy (non-hydrogen) atoms. The number of hydrogen-bond donors (Lipinski definition) is 2. The van der Waals surface area contributed by atoms with Gasteiger partial charge < -0.3 is 10.4 Å². The van der Waals surface area contributed by atoms with E-state index in [-0.39, 0.29) is 22.9 Å². The fourth-order valence-electron chi connectivity index (χ4n) is 3.55. The molecular weight excluding hydrogens is 534 g/mol. The van der Waals surface area contributed by atoms with E-state index in [2.05, 4.69) is 31.4 Å². The van der Waals surface area contributed by atoms with Crippen LogP contribution in [-0.4, -0.2) is 36.5 Å². The summed E-state index contributed by atoms with van der Waals surface area (Å²) in [7, 11) is 0. The van der Waals surface area contributed by atoms with E-state index in [0.717, 1.165) is 33.0 Å². The molecule has 0 radical (unpaired) electrons. The lowest BCUT2D eigenvalue weighted by atomic mass is 10.1. The van der Waals surface area contributed by atoms with Crippen molar-refractivity contribution >= 4 is 45.0 Å². The van der Waals surface area contributed by atoms with Crippen LogP contribution in [0.4, 0.5) is 11.4 Å². The van der Waals surface area contributed by atoms with Gasteiger partial charge in [0.05, 0.1) is 21.9 Å². The Bertz CT molecular complexity index is 1440. The molecule has 0 aliphatic heterocycles. The topological polar surface area (TPSA) is 123 Å². The molecule has 0 saturated heterocycles. The number of nitrogens with one attached hydrogen (secondary N) is 1. The van der Waals surface area contributed by atoms with Gasteiger partial charge in [-0.05, 0) is 49.7 Å². The number of phenols is 1. The lowest BCUT2D eigenvalue weighted by Gasteiger charge is -2.14. The van der Waals surface area contributed by atoms with Crippen LogP contribution in [0.25, 0.3) is 17.1 Å². The molecule has 0 spiro atoms. The summed E-state index contributed by atoms with van der Waals surface area (Å²) in [5, 5.41) is 33.4. The summed E-state index contributed by atoms with van der Waals surface area (Å²) in [5.74, 6) is -0.0273. The molecule has 0 atom stereocenters. The quantitative estimate of drug-likeness (QED) is 0.172. The molecule has 0 unspecified atom stereocenters. The number of aromatic nitrogens is 3. The summed E-state index contributed by atoms with van der Waals surface area (Å²) in [6, 6.07) is 16.9. The van der Waals surface area contributed by atoms with Crippen LogP contribution in [-0.2, 0) is 4.79 Å². The lowest BCUT2D eigenvalue weighted by Crippen LogP contribution is -2.15. The summed E-state index contributed by atoms with van der Waals surface area (Å²) < 4.78 is 2.55. The number of aryl methyl sites for hydroxylation is 2. The van der Waals surface area contributed by atoms with Crippen LogP contribution in [0.5, 0.6) is 5.75 Å². The van der Waals surface area contributed by atoms with Gasteiger partial charge in [0.2, 0.25) is 5.91 Å². The molecule has 3 aromatic carbocycles. The Morgan fingerprint density at radius 3 is 2.66 bits per heavy atom. The molecule has 178 valence electrons. The van der Waals surface area contributed by atoms with E-state index in [9.17, 15) is 20.0 Å². The van der Waals surface area contributed by atoms with Crippen LogP contribution in [0, 0.1) is 24.0 Å². The first kappa shape index (κ1) is 24.4. The average molecular weight is 554 g/mol. The van der Waals surface area contributed by atoms with E-state index in [4.69, 9.17) is 0 Å². The number of nitrogens with zero attached hydrogens (tertiary/aromatic N) is 4. The number of anilines is 1. The lowest BCUT2D eigenvalue weighted by molar-refractivity contribution is -0.383. The zero-order valence-corrected chi connectivity index (χ0v) is 21.1. The molecule has 1 amide bonds. The Morgan fingerprint density at radius 2 is 1.91 bits per heavy atom. The van der Waals surface area contributed by atoms with E-state index in [1.54, 1.807) is 28.8 Å². The number of benzene rings is 3. The van der Waals surface area contributed by atoms with Crippen molar-refractivity contribution in [3.8, 4) is 22.8 Å². The van der Waals surface area contributed by atoms with Gasteiger partial charge in [-0.2, -0.15) is 0 Å². The minimum atomic E-state index is -0.545. The predicted octanol–water partition coefficient (Wildman–Crippen LogP) is 5.66. The summed E-state index contributed by atoms with van der Waals surface area (Å²) in [4.78, 5) is 23.3. The van der Waals surface area contributed by atoms with Crippen LogP contribution >= 0.6 is 27.7 Å². The minimum absolute atomic E-state index is 0.0392. The average Bonchev–Trinajstić information content (AvgIpc) is 3.23. The molecule has 0 saturated carbocycles. The Labute approximate surface area is 213 Å². The Balaban J connectivity index is 1.68. The number of nitro groups is 1. The van der Waals surface area contributed by atoms with Crippen molar-refractivity contribution in [3.05, 3.63) is 86.4 Å². The van der Waals surface area contributed by atoms with Gasteiger partial charge in [0, 0.05) is 10.5 Å². The monoisotopic (exact) mass is 553 g/mol. The molecule has 0 bridgehead atoms. The minimum Gasteiger partial charge on any atom is -0.507 e. The van der Waals surface area contributed by atoms with E-state index < -0.39 is 10.8 Å². The number of hydrogen-bond acceptors (Lipinski definition) is 7. The standard InChI is InChI=1S/C24H20BrN5O4S/c1-14-7-9-19(15(2)11-14)29-23(17-12-16(25)8-10-21(17)31)27-28-24(29)35-13-22(32)26-18-5-3-4-6-20(18)30(33)34/h3-12,31H,13H2,1-2H3,(H,26,32). The number of aromatic hydroxyl groups is 1. The van der Waals surface area contributed by atoms with E-state index >= 15 is 0 Å². The Morgan fingerprint density at radius 1 is 1.14 bits per heavy atom. The number of amides is 1. The maximum Gasteiger partial charge on any atom is 0.292 e. The van der Waals surface area contributed by atoms with Gasteiger partial charge in [0.25, 0.3) is 5.69 Å². The number of nitro benzene ring substituents is 1. The highest BCUT2D eigenvalue weighted by molar-refractivity contribution is 9.10. The first-order chi connectivity index (χ1) is 16.7. The molecule has 11 heteroatoms. The van der Waals surface area contributed by atoms with Gasteiger partial charge in [-0.3, -0.25) is 19.5 Å². The van der Waals surface area contributed by atoms with Crippen LogP contribution in [0.1, 0.15) is 11.1 Å². The van der Waals surface area contributed by atoms with Gasteiger partial charge in [-0.1, -0.05) is 57.5 Å². The van der Waals surface area contributed by atoms with Gasteiger partial charge in [-0.25, -0.2) is 0 Å². The third-order valence-electron chi connectivity index (χ3n) is 5.13. The zero-order chi connectivity index (χ0) is 25.1. The number of halogens is 1. The summed E-state index contributed by atoms with van der Waals surface area (Å²) >= 11 is 4.56. The van der Waals surface area contributed by atoms with Gasteiger partial charge in [0.1, 0.15) is 11.4 Å². The molecule has 0 fully saturated rings. The van der Waals surface area contributed by atoms with Crippen molar-refractivity contribution in [2.45, 2.75) is 19.0 Å². The van der Waals surface area contributed by atoms with Gasteiger partial charge in [0.15, 0.2) is 11.0 Å². The molecule has 1 heterocycles. The number of carbonyl (C=O) groups excluding carboxylic acids is 1. The maximum atomic E-state index is 12.6. The second-order valence-corrected chi connectivity index (χ2v) is 9.56. The number of rotatable bonds is 7. The fraction of sp³-hybridized carbons (Fsp3) is 0.125. The molecule has 0 aliphatic rings. The summed E-state index contributed by atoms with van der Waals surface area (Å²) in [6.45, 7) is 3.95. The van der Waals surface area contributed by atoms with Gasteiger partial charge in [-0.15, -0.1) is 10.2 Å². The largest absolute Gasteiger partial charge is 0.507 e. The van der Waals surface area contributed by atoms with Crippen LogP contribution < -0.4 is 5.32 Å². The van der Waals surface area contributed by atoms with Crippen molar-refractivity contribution < 1.29 is 14.8 Å². The summed E-state index contributed by atoms with van der Waals surface area (Å²) in [5.41, 5.74) is 3.27. The zero-order valence-electron chi connectivity index (χ0n) is 18.7. The highest BCUT2D eigenvalue weighted by Crippen LogP contribution is 2.35. The highest BCUT2D eigenvalue weighted by atomic mass is 79.9. The number of phenolic OH excluding ortho intramolecular Hbond substituents is 1. The number of para-hydroxylation sites is 2. The third kappa shape index (κ3) is 5.36. The summed E-state index contributed by atoms with van der Waals surface area (Å²) in [6.07, 6.45) is 0. The third-order valence-corrected chi connectivity index (χ3v) is 6.56. The van der Waals surface area contributed by atoms with Gasteiger partial charge >= 0.3 is 0 Å². The maximum absolute atomic E-state index is 12.6. The number of thioether (sulfide) groups is 1. The Kier molecular flexibility index (Phi) is 7.17. The first-order valence-corrected chi connectivity index (χ1v) is 12.2. The molecule has 4 aromatic rings. The molecule has 0 aliphatic carbocycles. The molecule has 4 rings (SSSR count). The predicted molar refractivity (Wildman–Crippen MR) is 138 cm³/mol. The molecule has 2 N–H and O–H groups in total. The smallest absolute Gasteiger partial charge is 0.292 e. The van der Waals surface area contributed by atoms with E-state index in [1.165, 1.54) is 18.2 Å². The van der Waals surface area contributed by atoms with Crippen molar-refractivity contribution in [2.24, 2.45) is 0 Å². The van der Waals surface area contributed by atoms with E-state index in [0.29, 0.717) is 16.5 Å². The van der Waals surface area contributed by atoms with Crippen molar-refractivity contribution in [2.75, 3.05) is 11.1 Å². The Hall–Kier alpha value is -3.70. The molecule has 1 aromatic heterocycles. The normalized spacial score (nSPS) is 10.8. The second kappa shape index (κ2) is 10.3.